The molecule has 0 fully saturated rings. The number of carbonyl (C=O) groups excluding carboxylic acids is 3. The van der Waals surface area contributed by atoms with Crippen LogP contribution in [0.25, 0.3) is 0 Å². The molecule has 0 aromatic rings. The van der Waals surface area contributed by atoms with Gasteiger partial charge in [-0.3, -0.25) is 14.4 Å². The number of allylic oxidation sites excluding steroid dienone is 2. The molecule has 0 aromatic heterocycles. The number of primary amides is 1. The second-order valence-electron chi connectivity index (χ2n) is 8.69. The molecule has 0 radical (unpaired) electrons. The summed E-state index contributed by atoms with van der Waals surface area (Å²) in [7, 11) is 3.08. The summed E-state index contributed by atoms with van der Waals surface area (Å²) < 4.78 is 0. The number of hydrogen-bond donors (Lipinski definition) is 2. The summed E-state index contributed by atoms with van der Waals surface area (Å²) in [6.45, 7) is 11.5. The average molecular weight is 412 g/mol. The van der Waals surface area contributed by atoms with E-state index in [4.69, 9.17) is 5.73 Å². The fraction of sp³-hybridized carbons (Fsp3) is 0.773. The number of aliphatic hydroxyl groups is 1. The van der Waals surface area contributed by atoms with Gasteiger partial charge in [0.15, 0.2) is 0 Å². The van der Waals surface area contributed by atoms with Crippen molar-refractivity contribution in [1.82, 2.24) is 9.80 Å². The molecule has 3 amide bonds. The first-order valence-corrected chi connectivity index (χ1v) is 10.5. The van der Waals surface area contributed by atoms with Crippen molar-refractivity contribution in [3.8, 4) is 0 Å². The minimum atomic E-state index is -1.16. The zero-order valence-corrected chi connectivity index (χ0v) is 19.4. The Morgan fingerprint density at radius 3 is 1.97 bits per heavy atom. The normalized spacial score (nSPS) is 16.0. The third-order valence-electron chi connectivity index (χ3n) is 5.34. The molecule has 0 saturated carbocycles. The summed E-state index contributed by atoms with van der Waals surface area (Å²) in [5.74, 6) is -1.32. The molecule has 0 saturated heterocycles. The van der Waals surface area contributed by atoms with E-state index >= 15 is 0 Å². The van der Waals surface area contributed by atoms with Crippen LogP contribution in [-0.4, -0.2) is 64.9 Å². The van der Waals surface area contributed by atoms with E-state index in [1.54, 1.807) is 14.0 Å². The van der Waals surface area contributed by atoms with Crippen molar-refractivity contribution < 1.29 is 19.5 Å². The number of hydrogen-bond acceptors (Lipinski definition) is 4. The summed E-state index contributed by atoms with van der Waals surface area (Å²) in [4.78, 5) is 40.6. The third kappa shape index (κ3) is 8.17. The fourth-order valence-corrected chi connectivity index (χ4v) is 3.38. The fourth-order valence-electron chi connectivity index (χ4n) is 3.38. The Kier molecular flexibility index (Phi) is 11.8. The second-order valence-corrected chi connectivity index (χ2v) is 8.69. The molecule has 7 heteroatoms. The van der Waals surface area contributed by atoms with Crippen LogP contribution < -0.4 is 5.73 Å². The van der Waals surface area contributed by atoms with Crippen molar-refractivity contribution in [3.05, 3.63) is 12.2 Å². The minimum Gasteiger partial charge on any atom is -0.390 e. The summed E-state index contributed by atoms with van der Waals surface area (Å²) in [5.41, 5.74) is 5.54. The van der Waals surface area contributed by atoms with Crippen molar-refractivity contribution in [1.29, 1.82) is 0 Å². The highest BCUT2D eigenvalue weighted by molar-refractivity contribution is 5.92. The van der Waals surface area contributed by atoms with E-state index in [1.165, 1.54) is 16.8 Å². The van der Waals surface area contributed by atoms with Crippen LogP contribution in [0.2, 0.25) is 0 Å². The third-order valence-corrected chi connectivity index (χ3v) is 5.34. The first kappa shape index (κ1) is 27.1. The van der Waals surface area contributed by atoms with Gasteiger partial charge in [-0.1, -0.05) is 46.8 Å². The van der Waals surface area contributed by atoms with Crippen molar-refractivity contribution >= 4 is 17.7 Å². The Morgan fingerprint density at radius 2 is 1.55 bits per heavy atom. The molecule has 0 aliphatic carbocycles. The number of likely N-dealkylation sites (N-methyl/N-ethyl adjacent to an activating group) is 2. The summed E-state index contributed by atoms with van der Waals surface area (Å²) in [6, 6.07) is -1.90. The molecule has 0 aliphatic heterocycles. The zero-order chi connectivity index (χ0) is 22.9. The molecule has 0 aliphatic rings. The minimum absolute atomic E-state index is 0.114. The van der Waals surface area contributed by atoms with E-state index in [2.05, 4.69) is 0 Å². The standard InChI is InChI=1S/C22H41N3O4/c1-9-10-11-16(6)20(27)19(21(23)28)25(8)22(29)18(15(4)5)24(7)17(26)13-12-14(2)3/h9-10,14-16,18-20,27H,11-13H2,1-8H3,(H2,23,28)/b10-9+/t16-,18+,19?,20+/m1/s1. The van der Waals surface area contributed by atoms with Gasteiger partial charge < -0.3 is 20.6 Å². The quantitative estimate of drug-likeness (QED) is 0.480. The van der Waals surface area contributed by atoms with Gasteiger partial charge in [0.25, 0.3) is 0 Å². The van der Waals surface area contributed by atoms with Crippen LogP contribution in [0.4, 0.5) is 0 Å². The highest BCUT2D eigenvalue weighted by atomic mass is 16.3. The van der Waals surface area contributed by atoms with E-state index in [0.29, 0.717) is 18.8 Å². The molecule has 168 valence electrons. The monoisotopic (exact) mass is 411 g/mol. The van der Waals surface area contributed by atoms with Gasteiger partial charge in [-0.2, -0.15) is 0 Å². The predicted octanol–water partition coefficient (Wildman–Crippen LogP) is 2.18. The van der Waals surface area contributed by atoms with E-state index < -0.39 is 30.0 Å². The van der Waals surface area contributed by atoms with Crippen LogP contribution in [0.1, 0.15) is 60.8 Å². The van der Waals surface area contributed by atoms with Gasteiger partial charge in [0, 0.05) is 20.5 Å². The zero-order valence-electron chi connectivity index (χ0n) is 19.4. The summed E-state index contributed by atoms with van der Waals surface area (Å²) >= 11 is 0. The molecule has 0 heterocycles. The van der Waals surface area contributed by atoms with Gasteiger partial charge in [0.2, 0.25) is 17.7 Å². The Labute approximate surface area is 176 Å². The maximum Gasteiger partial charge on any atom is 0.246 e. The molecular weight excluding hydrogens is 370 g/mol. The van der Waals surface area contributed by atoms with Gasteiger partial charge in [0.1, 0.15) is 12.1 Å². The Hall–Kier alpha value is -1.89. The Balaban J connectivity index is 5.58. The molecule has 3 N–H and O–H groups in total. The van der Waals surface area contributed by atoms with Crippen LogP contribution in [0.3, 0.4) is 0 Å². The number of nitrogens with two attached hydrogens (primary N) is 1. The van der Waals surface area contributed by atoms with Gasteiger partial charge in [-0.15, -0.1) is 0 Å². The highest BCUT2D eigenvalue weighted by Crippen LogP contribution is 2.20. The lowest BCUT2D eigenvalue weighted by atomic mass is 9.92. The molecular formula is C22H41N3O4. The van der Waals surface area contributed by atoms with Crippen LogP contribution in [0, 0.1) is 17.8 Å². The predicted molar refractivity (Wildman–Crippen MR) is 116 cm³/mol. The number of amides is 3. The maximum atomic E-state index is 13.3. The van der Waals surface area contributed by atoms with Gasteiger partial charge >= 0.3 is 0 Å². The molecule has 29 heavy (non-hydrogen) atoms. The smallest absolute Gasteiger partial charge is 0.246 e. The first-order chi connectivity index (χ1) is 13.4. The highest BCUT2D eigenvalue weighted by Gasteiger charge is 2.39. The molecule has 4 atom stereocenters. The SMILES string of the molecule is C/C=C/C[C@@H](C)[C@H](O)C(C(N)=O)N(C)C(=O)[C@H](C(C)C)N(C)C(=O)CCC(C)C. The molecule has 7 nitrogen and oxygen atoms in total. The van der Waals surface area contributed by atoms with E-state index in [9.17, 15) is 19.5 Å². The van der Waals surface area contributed by atoms with Crippen LogP contribution in [0.5, 0.6) is 0 Å². The summed E-state index contributed by atoms with van der Waals surface area (Å²) in [5, 5.41) is 10.7. The van der Waals surface area contributed by atoms with E-state index in [-0.39, 0.29) is 17.7 Å². The van der Waals surface area contributed by atoms with Crippen molar-refractivity contribution in [2.45, 2.75) is 79.0 Å². The molecule has 0 aromatic carbocycles. The second kappa shape index (κ2) is 12.6. The average Bonchev–Trinajstić information content (AvgIpc) is 2.63. The Morgan fingerprint density at radius 1 is 1.00 bits per heavy atom. The lowest BCUT2D eigenvalue weighted by Gasteiger charge is -2.38. The molecule has 0 rings (SSSR count). The van der Waals surface area contributed by atoms with Crippen LogP contribution in [0.15, 0.2) is 12.2 Å². The number of rotatable bonds is 12. The topological polar surface area (TPSA) is 104 Å². The van der Waals surface area contributed by atoms with Gasteiger partial charge in [-0.25, -0.2) is 0 Å². The molecule has 1 unspecified atom stereocenters. The van der Waals surface area contributed by atoms with Crippen molar-refractivity contribution in [2.75, 3.05) is 14.1 Å². The van der Waals surface area contributed by atoms with Crippen LogP contribution >= 0.6 is 0 Å². The van der Waals surface area contributed by atoms with E-state index in [0.717, 1.165) is 6.42 Å². The van der Waals surface area contributed by atoms with E-state index in [1.807, 2.05) is 46.8 Å². The van der Waals surface area contributed by atoms with Crippen LogP contribution in [-0.2, 0) is 14.4 Å². The lowest BCUT2D eigenvalue weighted by molar-refractivity contribution is -0.152. The van der Waals surface area contributed by atoms with Gasteiger partial charge in [-0.05, 0) is 37.5 Å². The molecule has 0 bridgehead atoms. The molecule has 0 spiro atoms. The Bertz CT molecular complexity index is 574. The van der Waals surface area contributed by atoms with Crippen molar-refractivity contribution in [3.63, 3.8) is 0 Å². The van der Waals surface area contributed by atoms with Crippen molar-refractivity contribution in [2.24, 2.45) is 23.5 Å². The number of aliphatic hydroxyl groups excluding tert-OH is 1. The number of carbonyl (C=O) groups is 3. The first-order valence-electron chi connectivity index (χ1n) is 10.5. The maximum absolute atomic E-state index is 13.3. The summed E-state index contributed by atoms with van der Waals surface area (Å²) in [6.07, 6.45) is 4.31. The lowest BCUT2D eigenvalue weighted by Crippen LogP contribution is -2.59. The number of nitrogens with zero attached hydrogens (tertiary/aromatic N) is 2. The van der Waals surface area contributed by atoms with Gasteiger partial charge in [0.05, 0.1) is 6.10 Å². The largest absolute Gasteiger partial charge is 0.390 e.